The highest BCUT2D eigenvalue weighted by atomic mass is 32.2. The van der Waals surface area contributed by atoms with Crippen molar-refractivity contribution in [2.75, 3.05) is 19.7 Å². The van der Waals surface area contributed by atoms with Crippen molar-refractivity contribution in [2.45, 2.75) is 54.7 Å². The predicted molar refractivity (Wildman–Crippen MR) is 122 cm³/mol. The molecular weight excluding hydrogens is 456 g/mol. The number of hydrogen-bond donors (Lipinski definition) is 1. The summed E-state index contributed by atoms with van der Waals surface area (Å²) in [5.41, 5.74) is 0. The molecule has 1 aliphatic heterocycles. The van der Waals surface area contributed by atoms with Crippen LogP contribution in [0, 0.1) is 5.92 Å². The SMILES string of the molecule is CC(C)COc1ccc(S(=O)(=O)NCCC2CCCCN2S(=O)(=O)c2cccs2)cc1. The van der Waals surface area contributed by atoms with Crippen molar-refractivity contribution in [3.8, 4) is 5.75 Å². The second kappa shape index (κ2) is 10.4. The number of hydrogen-bond acceptors (Lipinski definition) is 6. The van der Waals surface area contributed by atoms with Crippen LogP contribution in [0.5, 0.6) is 5.75 Å². The molecule has 10 heteroatoms. The summed E-state index contributed by atoms with van der Waals surface area (Å²) in [4.78, 5) is 0.163. The second-order valence-corrected chi connectivity index (χ2v) is 12.9. The molecule has 3 rings (SSSR count). The van der Waals surface area contributed by atoms with Crippen molar-refractivity contribution >= 4 is 31.4 Å². The lowest BCUT2D eigenvalue weighted by Crippen LogP contribution is -2.44. The summed E-state index contributed by atoms with van der Waals surface area (Å²) in [6, 6.07) is 9.46. The molecule has 172 valence electrons. The van der Waals surface area contributed by atoms with E-state index in [-0.39, 0.29) is 17.5 Å². The minimum atomic E-state index is -3.68. The number of nitrogens with zero attached hydrogens (tertiary/aromatic N) is 1. The minimum absolute atomic E-state index is 0.163. The van der Waals surface area contributed by atoms with E-state index in [2.05, 4.69) is 4.72 Å². The zero-order valence-electron chi connectivity index (χ0n) is 17.9. The Morgan fingerprint density at radius 3 is 2.52 bits per heavy atom. The van der Waals surface area contributed by atoms with Crippen molar-refractivity contribution in [3.05, 3.63) is 41.8 Å². The third-order valence-electron chi connectivity index (χ3n) is 5.12. The maximum Gasteiger partial charge on any atom is 0.252 e. The first-order valence-electron chi connectivity index (χ1n) is 10.5. The van der Waals surface area contributed by atoms with Gasteiger partial charge in [0.15, 0.2) is 0 Å². The molecule has 0 amide bonds. The normalized spacial score (nSPS) is 18.4. The Balaban J connectivity index is 1.60. The summed E-state index contributed by atoms with van der Waals surface area (Å²) >= 11 is 1.21. The van der Waals surface area contributed by atoms with Crippen LogP contribution >= 0.6 is 11.3 Å². The van der Waals surface area contributed by atoms with Gasteiger partial charge >= 0.3 is 0 Å². The van der Waals surface area contributed by atoms with Gasteiger partial charge in [0.05, 0.1) is 11.5 Å². The summed E-state index contributed by atoms with van der Waals surface area (Å²) in [7, 11) is -7.22. The van der Waals surface area contributed by atoms with Gasteiger partial charge in [0.2, 0.25) is 10.0 Å². The minimum Gasteiger partial charge on any atom is -0.493 e. The Hall–Kier alpha value is -1.46. The molecule has 1 aromatic heterocycles. The van der Waals surface area contributed by atoms with Crippen LogP contribution in [0.4, 0.5) is 0 Å². The molecule has 0 bridgehead atoms. The van der Waals surface area contributed by atoms with Crippen LogP contribution in [0.25, 0.3) is 0 Å². The third kappa shape index (κ3) is 6.29. The summed E-state index contributed by atoms with van der Waals surface area (Å²) in [6.45, 7) is 5.30. The Labute approximate surface area is 189 Å². The van der Waals surface area contributed by atoms with Crippen LogP contribution in [-0.4, -0.2) is 46.9 Å². The topological polar surface area (TPSA) is 92.8 Å². The second-order valence-electron chi connectivity index (χ2n) is 8.06. The molecule has 1 N–H and O–H groups in total. The largest absolute Gasteiger partial charge is 0.493 e. The van der Waals surface area contributed by atoms with Crippen LogP contribution in [0.1, 0.15) is 39.5 Å². The maximum absolute atomic E-state index is 13.0. The molecule has 31 heavy (non-hydrogen) atoms. The Bertz CT molecular complexity index is 1030. The Morgan fingerprint density at radius 2 is 1.87 bits per heavy atom. The number of rotatable bonds is 10. The average Bonchev–Trinajstić information content (AvgIpc) is 3.29. The lowest BCUT2D eigenvalue weighted by molar-refractivity contribution is 0.242. The van der Waals surface area contributed by atoms with Crippen molar-refractivity contribution in [3.63, 3.8) is 0 Å². The zero-order chi connectivity index (χ0) is 22.5. The van der Waals surface area contributed by atoms with Crippen LogP contribution in [-0.2, 0) is 20.0 Å². The molecular formula is C21H30N2O5S3. The van der Waals surface area contributed by atoms with E-state index in [4.69, 9.17) is 4.74 Å². The van der Waals surface area contributed by atoms with E-state index in [9.17, 15) is 16.8 Å². The van der Waals surface area contributed by atoms with Gasteiger partial charge in [0.1, 0.15) is 9.96 Å². The molecule has 2 heterocycles. The van der Waals surface area contributed by atoms with E-state index in [0.717, 1.165) is 19.3 Å². The van der Waals surface area contributed by atoms with Gasteiger partial charge in [-0.1, -0.05) is 26.3 Å². The molecule has 2 aromatic rings. The first-order chi connectivity index (χ1) is 14.7. The highest BCUT2D eigenvalue weighted by molar-refractivity contribution is 7.91. The molecule has 1 aliphatic rings. The molecule has 1 fully saturated rings. The van der Waals surface area contributed by atoms with Crippen molar-refractivity contribution in [2.24, 2.45) is 5.92 Å². The van der Waals surface area contributed by atoms with Gasteiger partial charge < -0.3 is 4.74 Å². The fourth-order valence-corrected chi connectivity index (χ4v) is 7.42. The van der Waals surface area contributed by atoms with Gasteiger partial charge in [0.25, 0.3) is 10.0 Å². The zero-order valence-corrected chi connectivity index (χ0v) is 20.3. The monoisotopic (exact) mass is 486 g/mol. The number of thiophene rings is 1. The van der Waals surface area contributed by atoms with E-state index < -0.39 is 20.0 Å². The van der Waals surface area contributed by atoms with Crippen molar-refractivity contribution in [1.82, 2.24) is 9.03 Å². The van der Waals surface area contributed by atoms with Crippen molar-refractivity contribution in [1.29, 1.82) is 0 Å². The smallest absolute Gasteiger partial charge is 0.252 e. The highest BCUT2D eigenvalue weighted by Gasteiger charge is 2.34. The van der Waals surface area contributed by atoms with E-state index in [1.165, 1.54) is 27.8 Å². The summed E-state index contributed by atoms with van der Waals surface area (Å²) in [5.74, 6) is 1.01. The van der Waals surface area contributed by atoms with Gasteiger partial charge in [-0.15, -0.1) is 11.3 Å². The molecule has 0 saturated carbocycles. The van der Waals surface area contributed by atoms with Gasteiger partial charge in [-0.3, -0.25) is 0 Å². The van der Waals surface area contributed by atoms with Gasteiger partial charge in [0, 0.05) is 19.1 Å². The molecule has 1 saturated heterocycles. The molecule has 0 aliphatic carbocycles. The number of piperidine rings is 1. The quantitative estimate of drug-likeness (QED) is 0.553. The average molecular weight is 487 g/mol. The maximum atomic E-state index is 13.0. The fourth-order valence-electron chi connectivity index (χ4n) is 3.53. The van der Waals surface area contributed by atoms with E-state index in [0.29, 0.717) is 35.4 Å². The predicted octanol–water partition coefficient (Wildman–Crippen LogP) is 3.69. The molecule has 1 unspecified atom stereocenters. The third-order valence-corrected chi connectivity index (χ3v) is 9.92. The van der Waals surface area contributed by atoms with E-state index in [1.807, 2.05) is 13.8 Å². The van der Waals surface area contributed by atoms with Crippen molar-refractivity contribution < 1.29 is 21.6 Å². The number of nitrogens with one attached hydrogen (secondary N) is 1. The first kappa shape index (κ1) is 24.2. The van der Waals surface area contributed by atoms with E-state index >= 15 is 0 Å². The van der Waals surface area contributed by atoms with Gasteiger partial charge in [-0.25, -0.2) is 21.6 Å². The van der Waals surface area contributed by atoms with Gasteiger partial charge in [-0.05, 0) is 60.9 Å². The molecule has 7 nitrogen and oxygen atoms in total. The summed E-state index contributed by atoms with van der Waals surface area (Å²) in [5, 5.41) is 1.75. The number of ether oxygens (including phenoxy) is 1. The lowest BCUT2D eigenvalue weighted by atomic mass is 10.0. The van der Waals surface area contributed by atoms with Crippen LogP contribution in [0.15, 0.2) is 50.9 Å². The summed E-state index contributed by atoms with van der Waals surface area (Å²) in [6.07, 6.45) is 2.91. The fraction of sp³-hybridized carbons (Fsp3) is 0.524. The molecule has 0 spiro atoms. The molecule has 1 atom stereocenters. The van der Waals surface area contributed by atoms with Crippen LogP contribution < -0.4 is 9.46 Å². The summed E-state index contributed by atoms with van der Waals surface area (Å²) < 4.78 is 61.3. The van der Waals surface area contributed by atoms with E-state index in [1.54, 1.807) is 29.6 Å². The number of benzene rings is 1. The van der Waals surface area contributed by atoms with Gasteiger partial charge in [-0.2, -0.15) is 4.31 Å². The Morgan fingerprint density at radius 1 is 1.13 bits per heavy atom. The first-order valence-corrected chi connectivity index (χ1v) is 14.3. The highest BCUT2D eigenvalue weighted by Crippen LogP contribution is 2.29. The molecule has 1 aromatic carbocycles. The lowest BCUT2D eigenvalue weighted by Gasteiger charge is -2.34. The molecule has 0 radical (unpaired) electrons. The van der Waals surface area contributed by atoms with Crippen LogP contribution in [0.2, 0.25) is 0 Å². The number of sulfonamides is 2. The van der Waals surface area contributed by atoms with Crippen LogP contribution in [0.3, 0.4) is 0 Å². The standard InChI is InChI=1S/C21H30N2O5S3/c1-17(2)16-28-19-8-10-20(11-9-19)30(24,25)22-13-12-18-6-3-4-14-23(18)31(26,27)21-7-5-15-29-21/h5,7-11,15,17-18,22H,3-4,6,12-14,16H2,1-2H3. The Kier molecular flexibility index (Phi) is 8.14.